The van der Waals surface area contributed by atoms with Gasteiger partial charge < -0.3 is 25.4 Å². The first-order valence-corrected chi connectivity index (χ1v) is 14.5. The predicted molar refractivity (Wildman–Crippen MR) is 164 cm³/mol. The van der Waals surface area contributed by atoms with Gasteiger partial charge in [0.25, 0.3) is 5.91 Å². The molecule has 3 amide bonds. The lowest BCUT2D eigenvalue weighted by atomic mass is 9.95. The summed E-state index contributed by atoms with van der Waals surface area (Å²) in [6.07, 6.45) is 0.575. The van der Waals surface area contributed by atoms with Gasteiger partial charge in [0, 0.05) is 6.04 Å². The van der Waals surface area contributed by atoms with Gasteiger partial charge in [-0.3, -0.25) is 9.59 Å². The molecule has 0 radical (unpaired) electrons. The van der Waals surface area contributed by atoms with Crippen molar-refractivity contribution >= 4 is 35.2 Å². The number of benzene rings is 2. The van der Waals surface area contributed by atoms with E-state index in [9.17, 15) is 19.5 Å². The second-order valence-corrected chi connectivity index (χ2v) is 12.5. The molecule has 3 unspecified atom stereocenters. The number of hydrogen-bond acceptors (Lipinski definition) is 5. The van der Waals surface area contributed by atoms with Gasteiger partial charge in [-0.25, -0.2) is 4.79 Å². The number of anilines is 1. The fourth-order valence-corrected chi connectivity index (χ4v) is 4.75. The van der Waals surface area contributed by atoms with Gasteiger partial charge in [-0.15, -0.1) is 0 Å². The fraction of sp³-hybridized carbons (Fsp3) is 0.531. The maximum Gasteiger partial charge on any atom is 0.408 e. The van der Waals surface area contributed by atoms with Crippen LogP contribution in [0.4, 0.5) is 10.5 Å². The average molecular weight is 588 g/mol. The number of aryl methyl sites for hydroxylation is 3. The molecule has 2 aromatic rings. The molecule has 0 fully saturated rings. The predicted octanol–water partition coefficient (Wildman–Crippen LogP) is 6.48. The number of aliphatic hydroxyl groups is 1. The van der Waals surface area contributed by atoms with Crippen molar-refractivity contribution in [3.8, 4) is 0 Å². The third-order valence-corrected chi connectivity index (χ3v) is 7.22. The van der Waals surface area contributed by atoms with E-state index < -0.39 is 48.2 Å². The summed E-state index contributed by atoms with van der Waals surface area (Å²) in [4.78, 5) is 42.5. The molecule has 0 saturated carbocycles. The second kappa shape index (κ2) is 14.7. The van der Waals surface area contributed by atoms with E-state index in [1.165, 1.54) is 4.90 Å². The first-order valence-electron chi connectivity index (χ1n) is 14.1. The van der Waals surface area contributed by atoms with Crippen molar-refractivity contribution in [2.45, 2.75) is 98.9 Å². The van der Waals surface area contributed by atoms with E-state index in [0.717, 1.165) is 23.1 Å². The van der Waals surface area contributed by atoms with Gasteiger partial charge in [0.05, 0.1) is 17.3 Å². The lowest BCUT2D eigenvalue weighted by Crippen LogP contribution is -2.56. The summed E-state index contributed by atoms with van der Waals surface area (Å²) >= 11 is 6.45. The summed E-state index contributed by atoms with van der Waals surface area (Å²) in [6, 6.07) is 8.15. The third-order valence-electron chi connectivity index (χ3n) is 6.91. The molecule has 0 saturated heterocycles. The van der Waals surface area contributed by atoms with Gasteiger partial charge in [0.1, 0.15) is 17.7 Å². The summed E-state index contributed by atoms with van der Waals surface area (Å²) in [5.41, 5.74) is 3.04. The Kier molecular flexibility index (Phi) is 12.2. The minimum atomic E-state index is -1.32. The van der Waals surface area contributed by atoms with Crippen LogP contribution in [0.3, 0.4) is 0 Å². The van der Waals surface area contributed by atoms with E-state index in [1.807, 2.05) is 52.0 Å². The normalized spacial score (nSPS) is 13.8. The molecule has 41 heavy (non-hydrogen) atoms. The summed E-state index contributed by atoms with van der Waals surface area (Å²) < 4.78 is 5.34. The molecule has 226 valence electrons. The number of alkyl carbamates (subject to hydrolysis) is 1. The number of para-hydroxylation sites is 1. The van der Waals surface area contributed by atoms with E-state index in [1.54, 1.807) is 32.9 Å². The lowest BCUT2D eigenvalue weighted by Gasteiger charge is -2.38. The molecule has 0 aliphatic carbocycles. The van der Waals surface area contributed by atoms with Gasteiger partial charge in [0.15, 0.2) is 0 Å². The van der Waals surface area contributed by atoms with Crippen molar-refractivity contribution in [3.63, 3.8) is 0 Å². The molecule has 2 aromatic carbocycles. The van der Waals surface area contributed by atoms with Gasteiger partial charge >= 0.3 is 6.09 Å². The molecule has 0 bridgehead atoms. The number of ether oxygens (including phenoxy) is 1. The Morgan fingerprint density at radius 1 is 0.976 bits per heavy atom. The molecular formula is C32H46ClN3O5. The average Bonchev–Trinajstić information content (AvgIpc) is 2.86. The molecule has 0 heterocycles. The van der Waals surface area contributed by atoms with Crippen molar-refractivity contribution < 1.29 is 24.2 Å². The first kappa shape index (κ1) is 34.1. The number of halogens is 1. The van der Waals surface area contributed by atoms with Crippen molar-refractivity contribution in [1.29, 1.82) is 0 Å². The Labute approximate surface area is 249 Å². The Morgan fingerprint density at radius 2 is 1.63 bits per heavy atom. The number of nitrogens with one attached hydrogen (secondary N) is 2. The van der Waals surface area contributed by atoms with Crippen LogP contribution in [0, 0.1) is 26.7 Å². The van der Waals surface area contributed by atoms with Gasteiger partial charge in [-0.05, 0) is 95.5 Å². The largest absolute Gasteiger partial charge is 0.444 e. The van der Waals surface area contributed by atoms with Crippen LogP contribution in [0.5, 0.6) is 0 Å². The lowest BCUT2D eigenvalue weighted by molar-refractivity contribution is -0.144. The summed E-state index contributed by atoms with van der Waals surface area (Å²) in [5, 5.41) is 16.1. The van der Waals surface area contributed by atoms with Crippen LogP contribution in [-0.4, -0.2) is 52.2 Å². The van der Waals surface area contributed by atoms with Gasteiger partial charge in [0.2, 0.25) is 5.91 Å². The van der Waals surface area contributed by atoms with Crippen molar-refractivity contribution in [2.24, 2.45) is 5.92 Å². The van der Waals surface area contributed by atoms with Crippen LogP contribution in [0.1, 0.15) is 82.7 Å². The Hall–Kier alpha value is -3.10. The van der Waals surface area contributed by atoms with E-state index in [0.29, 0.717) is 28.6 Å². The SMILES string of the molecule is Cc1ccc(C(C(=O)Nc2c(C)cccc2Cl)N(C(=O)C(CO)NC(=O)OC(C)(C)C)C(C)CCC(C)C)cc1C. The Bertz CT molecular complexity index is 1200. The summed E-state index contributed by atoms with van der Waals surface area (Å²) in [6.45, 7) is 16.3. The van der Waals surface area contributed by atoms with Gasteiger partial charge in [-0.1, -0.05) is 55.8 Å². The highest BCUT2D eigenvalue weighted by atomic mass is 35.5. The number of amides is 3. The topological polar surface area (TPSA) is 108 Å². The highest BCUT2D eigenvalue weighted by Gasteiger charge is 2.39. The molecule has 2 rings (SSSR count). The number of hydrogen-bond donors (Lipinski definition) is 3. The molecule has 3 N–H and O–H groups in total. The molecule has 8 nitrogen and oxygen atoms in total. The Morgan fingerprint density at radius 3 is 2.17 bits per heavy atom. The van der Waals surface area contributed by atoms with Gasteiger partial charge in [-0.2, -0.15) is 0 Å². The maximum absolute atomic E-state index is 14.2. The van der Waals surface area contributed by atoms with E-state index in [2.05, 4.69) is 24.5 Å². The zero-order valence-corrected chi connectivity index (χ0v) is 26.6. The number of nitrogens with zero attached hydrogens (tertiary/aromatic N) is 1. The van der Waals surface area contributed by atoms with E-state index in [4.69, 9.17) is 16.3 Å². The molecule has 3 atom stereocenters. The highest BCUT2D eigenvalue weighted by molar-refractivity contribution is 6.34. The minimum absolute atomic E-state index is 0.364. The molecular weight excluding hydrogens is 542 g/mol. The van der Waals surface area contributed by atoms with E-state index in [-0.39, 0.29) is 0 Å². The molecule has 0 aromatic heterocycles. The number of rotatable bonds is 11. The van der Waals surface area contributed by atoms with Crippen LogP contribution in [0.2, 0.25) is 5.02 Å². The maximum atomic E-state index is 14.2. The van der Waals surface area contributed by atoms with Crippen molar-refractivity contribution in [2.75, 3.05) is 11.9 Å². The quantitative estimate of drug-likeness (QED) is 0.279. The molecule has 0 spiro atoms. The van der Waals surface area contributed by atoms with E-state index >= 15 is 0 Å². The highest BCUT2D eigenvalue weighted by Crippen LogP contribution is 2.32. The monoisotopic (exact) mass is 587 g/mol. The number of aliphatic hydroxyl groups excluding tert-OH is 1. The van der Waals surface area contributed by atoms with Crippen LogP contribution in [0.25, 0.3) is 0 Å². The molecule has 0 aliphatic heterocycles. The summed E-state index contributed by atoms with van der Waals surface area (Å²) in [5.74, 6) is -0.686. The van der Waals surface area contributed by atoms with Crippen LogP contribution in [-0.2, 0) is 14.3 Å². The standard InChI is InChI=1S/C32H46ClN3O5/c1-19(2)13-15-23(6)36(30(39)26(18-37)34-31(40)41-32(7,8)9)28(24-16-14-20(3)22(5)17-24)29(38)35-27-21(4)11-10-12-25(27)33/h10-12,14,16-17,19,23,26,28,37H,13,15,18H2,1-9H3,(H,34,40)(H,35,38). The Balaban J connectivity index is 2.65. The second-order valence-electron chi connectivity index (χ2n) is 12.1. The summed E-state index contributed by atoms with van der Waals surface area (Å²) in [7, 11) is 0. The molecule has 9 heteroatoms. The van der Waals surface area contributed by atoms with Crippen LogP contribution < -0.4 is 10.6 Å². The zero-order valence-electron chi connectivity index (χ0n) is 25.8. The smallest absolute Gasteiger partial charge is 0.408 e. The van der Waals surface area contributed by atoms with Crippen molar-refractivity contribution in [3.05, 3.63) is 63.7 Å². The minimum Gasteiger partial charge on any atom is -0.444 e. The van der Waals surface area contributed by atoms with Crippen LogP contribution >= 0.6 is 11.6 Å². The van der Waals surface area contributed by atoms with Crippen LogP contribution in [0.15, 0.2) is 36.4 Å². The zero-order chi connectivity index (χ0) is 31.1. The number of carbonyl (C=O) groups is 3. The fourth-order valence-electron chi connectivity index (χ4n) is 4.48. The number of carbonyl (C=O) groups excluding carboxylic acids is 3. The van der Waals surface area contributed by atoms with Crippen molar-refractivity contribution in [1.82, 2.24) is 10.2 Å². The first-order chi connectivity index (χ1) is 19.0. The third kappa shape index (κ3) is 9.75. The molecule has 0 aliphatic rings.